The zero-order valence-electron chi connectivity index (χ0n) is 18.4. The van der Waals surface area contributed by atoms with Crippen molar-refractivity contribution < 1.29 is 9.47 Å². The lowest BCUT2D eigenvalue weighted by Gasteiger charge is -2.30. The van der Waals surface area contributed by atoms with Crippen molar-refractivity contribution >= 4 is 0 Å². The summed E-state index contributed by atoms with van der Waals surface area (Å²) in [5, 5.41) is 3.70. The lowest BCUT2D eigenvalue weighted by Crippen LogP contribution is -2.31. The van der Waals surface area contributed by atoms with Crippen LogP contribution in [0.25, 0.3) is 0 Å². The van der Waals surface area contributed by atoms with Crippen molar-refractivity contribution in [2.24, 2.45) is 0 Å². The molecule has 1 aliphatic rings. The maximum absolute atomic E-state index is 6.06. The summed E-state index contributed by atoms with van der Waals surface area (Å²) < 4.78 is 11.8. The van der Waals surface area contributed by atoms with Gasteiger partial charge in [-0.3, -0.25) is 0 Å². The lowest BCUT2D eigenvalue weighted by molar-refractivity contribution is 0.305. The molecule has 3 nitrogen and oxygen atoms in total. The molecule has 3 heteroatoms. The van der Waals surface area contributed by atoms with Crippen LogP contribution >= 0.6 is 0 Å². The van der Waals surface area contributed by atoms with Crippen molar-refractivity contribution in [1.29, 1.82) is 0 Å². The molecule has 1 atom stereocenters. The summed E-state index contributed by atoms with van der Waals surface area (Å²) in [6, 6.07) is 23.5. The van der Waals surface area contributed by atoms with Gasteiger partial charge in [0.2, 0.25) is 0 Å². The number of ether oxygens (including phenoxy) is 2. The topological polar surface area (TPSA) is 30.5 Å². The van der Waals surface area contributed by atoms with E-state index in [-0.39, 0.29) is 11.5 Å². The summed E-state index contributed by atoms with van der Waals surface area (Å²) in [7, 11) is 1.75. The SMILES string of the molecule is COc1ccc(C(C)(C)C)cc1C1NCCc2cc(OCc3ccccc3)ccc21. The largest absolute Gasteiger partial charge is 0.496 e. The molecule has 0 fully saturated rings. The molecule has 0 saturated heterocycles. The summed E-state index contributed by atoms with van der Waals surface area (Å²) in [5.74, 6) is 1.85. The smallest absolute Gasteiger partial charge is 0.124 e. The van der Waals surface area contributed by atoms with Crippen LogP contribution in [0.5, 0.6) is 11.5 Å². The third-order valence-corrected chi connectivity index (χ3v) is 5.82. The summed E-state index contributed by atoms with van der Waals surface area (Å²) in [5.41, 5.74) is 6.43. The van der Waals surface area contributed by atoms with E-state index in [1.54, 1.807) is 7.11 Å². The molecular formula is C27H31NO2. The van der Waals surface area contributed by atoms with E-state index in [2.05, 4.69) is 74.6 Å². The van der Waals surface area contributed by atoms with E-state index in [9.17, 15) is 0 Å². The third-order valence-electron chi connectivity index (χ3n) is 5.82. The first-order valence-corrected chi connectivity index (χ1v) is 10.7. The van der Waals surface area contributed by atoms with E-state index >= 15 is 0 Å². The van der Waals surface area contributed by atoms with Gasteiger partial charge in [0.1, 0.15) is 18.1 Å². The molecule has 0 aliphatic carbocycles. The van der Waals surface area contributed by atoms with Crippen LogP contribution in [0.4, 0.5) is 0 Å². The molecule has 0 bridgehead atoms. The summed E-state index contributed by atoms with van der Waals surface area (Å²) in [6.07, 6.45) is 0.996. The average Bonchev–Trinajstić information content (AvgIpc) is 2.76. The Bertz CT molecular complexity index is 1010. The van der Waals surface area contributed by atoms with Gasteiger partial charge in [0, 0.05) is 12.1 Å². The van der Waals surface area contributed by atoms with Crippen molar-refractivity contribution in [2.75, 3.05) is 13.7 Å². The lowest BCUT2D eigenvalue weighted by atomic mass is 9.83. The maximum atomic E-state index is 6.06. The Hall–Kier alpha value is -2.78. The molecular weight excluding hydrogens is 370 g/mol. The maximum Gasteiger partial charge on any atom is 0.124 e. The van der Waals surface area contributed by atoms with Crippen molar-refractivity contribution in [3.63, 3.8) is 0 Å². The Kier molecular flexibility index (Phi) is 5.83. The first kappa shape index (κ1) is 20.5. The van der Waals surface area contributed by atoms with Gasteiger partial charge >= 0.3 is 0 Å². The molecule has 1 unspecified atom stereocenters. The Labute approximate surface area is 180 Å². The second-order valence-corrected chi connectivity index (χ2v) is 8.98. The fraction of sp³-hybridized carbons (Fsp3) is 0.333. The Balaban J connectivity index is 1.63. The van der Waals surface area contributed by atoms with Crippen LogP contribution in [0, 0.1) is 0 Å². The van der Waals surface area contributed by atoms with Crippen LogP contribution in [0.1, 0.15) is 54.6 Å². The quantitative estimate of drug-likeness (QED) is 0.585. The van der Waals surface area contributed by atoms with Gasteiger partial charge in [0.15, 0.2) is 0 Å². The van der Waals surface area contributed by atoms with Crippen LogP contribution in [0.3, 0.4) is 0 Å². The molecule has 3 aromatic rings. The van der Waals surface area contributed by atoms with Gasteiger partial charge in [-0.15, -0.1) is 0 Å². The fourth-order valence-corrected chi connectivity index (χ4v) is 4.08. The van der Waals surface area contributed by atoms with Crippen molar-refractivity contribution in [1.82, 2.24) is 5.32 Å². The van der Waals surface area contributed by atoms with Gasteiger partial charge in [-0.1, -0.05) is 63.2 Å². The number of hydrogen-bond acceptors (Lipinski definition) is 3. The number of fused-ring (bicyclic) bond motifs is 1. The molecule has 4 rings (SSSR count). The van der Waals surface area contributed by atoms with Crippen LogP contribution in [0.15, 0.2) is 66.7 Å². The standard InChI is InChI=1S/C27H31NO2/c1-27(2,3)21-10-13-25(29-4)24(17-21)26-23-12-11-22(16-20(23)14-15-28-26)30-18-19-8-6-5-7-9-19/h5-13,16-17,26,28H,14-15,18H2,1-4H3. The van der Waals surface area contributed by atoms with Gasteiger partial charge in [-0.25, -0.2) is 0 Å². The molecule has 1 N–H and O–H groups in total. The average molecular weight is 402 g/mol. The minimum absolute atomic E-state index is 0.0909. The Morgan fingerprint density at radius 1 is 0.933 bits per heavy atom. The first-order valence-electron chi connectivity index (χ1n) is 10.7. The predicted octanol–water partition coefficient (Wildman–Crippen LogP) is 5.81. The number of rotatable bonds is 5. The normalized spacial score (nSPS) is 16.1. The summed E-state index contributed by atoms with van der Waals surface area (Å²) in [6.45, 7) is 8.26. The van der Waals surface area contributed by atoms with Gasteiger partial charge in [-0.2, -0.15) is 0 Å². The van der Waals surface area contributed by atoms with Crippen LogP contribution < -0.4 is 14.8 Å². The number of hydrogen-bond donors (Lipinski definition) is 1. The van der Waals surface area contributed by atoms with Gasteiger partial charge in [-0.05, 0) is 58.4 Å². The molecule has 0 aromatic heterocycles. The highest BCUT2D eigenvalue weighted by molar-refractivity contribution is 5.49. The summed E-state index contributed by atoms with van der Waals surface area (Å²) in [4.78, 5) is 0. The molecule has 0 spiro atoms. The van der Waals surface area contributed by atoms with E-state index in [0.717, 1.165) is 24.5 Å². The molecule has 1 aliphatic heterocycles. The number of benzene rings is 3. The third kappa shape index (κ3) is 4.36. The van der Waals surface area contributed by atoms with Crippen LogP contribution in [-0.4, -0.2) is 13.7 Å². The highest BCUT2D eigenvalue weighted by Gasteiger charge is 2.26. The first-order chi connectivity index (χ1) is 14.5. The van der Waals surface area contributed by atoms with E-state index < -0.39 is 0 Å². The van der Waals surface area contributed by atoms with Gasteiger partial charge < -0.3 is 14.8 Å². The van der Waals surface area contributed by atoms with E-state index in [1.165, 1.54) is 27.8 Å². The van der Waals surface area contributed by atoms with Gasteiger partial charge in [0.25, 0.3) is 0 Å². The zero-order valence-corrected chi connectivity index (χ0v) is 18.4. The van der Waals surface area contributed by atoms with E-state index in [0.29, 0.717) is 6.61 Å². The van der Waals surface area contributed by atoms with Crippen LogP contribution in [0.2, 0.25) is 0 Å². The van der Waals surface area contributed by atoms with E-state index in [1.807, 2.05) is 18.2 Å². The summed E-state index contributed by atoms with van der Waals surface area (Å²) >= 11 is 0. The highest BCUT2D eigenvalue weighted by atomic mass is 16.5. The molecule has 156 valence electrons. The second kappa shape index (κ2) is 8.53. The number of nitrogens with one attached hydrogen (secondary N) is 1. The molecule has 3 aromatic carbocycles. The van der Waals surface area contributed by atoms with Gasteiger partial charge in [0.05, 0.1) is 13.2 Å². The molecule has 1 heterocycles. The molecule has 0 saturated carbocycles. The Morgan fingerprint density at radius 3 is 2.47 bits per heavy atom. The van der Waals surface area contributed by atoms with Crippen molar-refractivity contribution in [3.05, 3.63) is 94.5 Å². The second-order valence-electron chi connectivity index (χ2n) is 8.98. The number of methoxy groups -OCH3 is 1. The molecule has 0 radical (unpaired) electrons. The van der Waals surface area contributed by atoms with E-state index in [4.69, 9.17) is 9.47 Å². The zero-order chi connectivity index (χ0) is 21.1. The van der Waals surface area contributed by atoms with Crippen LogP contribution in [-0.2, 0) is 18.4 Å². The highest BCUT2D eigenvalue weighted by Crippen LogP contribution is 2.38. The Morgan fingerprint density at radius 2 is 1.73 bits per heavy atom. The molecule has 0 amide bonds. The predicted molar refractivity (Wildman–Crippen MR) is 122 cm³/mol. The van der Waals surface area contributed by atoms with Crippen molar-refractivity contribution in [3.8, 4) is 11.5 Å². The fourth-order valence-electron chi connectivity index (χ4n) is 4.08. The molecule has 30 heavy (non-hydrogen) atoms. The minimum Gasteiger partial charge on any atom is -0.496 e. The van der Waals surface area contributed by atoms with Crippen molar-refractivity contribution in [2.45, 2.75) is 45.3 Å². The monoisotopic (exact) mass is 401 g/mol. The minimum atomic E-state index is 0.0909.